The van der Waals surface area contributed by atoms with E-state index in [1.807, 2.05) is 18.2 Å². The molecule has 61 heavy (non-hydrogen) atoms. The molecule has 0 radical (unpaired) electrons. The number of nitrogens with zero attached hydrogens (tertiary/aromatic N) is 6. The Kier molecular flexibility index (Phi) is 12.7. The molecule has 2 aromatic carbocycles. The minimum absolute atomic E-state index is 0.0982. The lowest BCUT2D eigenvalue weighted by Gasteiger charge is -2.21. The molecule has 1 saturated heterocycles. The molecule has 320 valence electrons. The van der Waals surface area contributed by atoms with Crippen LogP contribution in [-0.2, 0) is 34.3 Å². The molecule has 16 nitrogen and oxygen atoms in total. The number of imide groups is 1. The molecule has 1 atom stereocenters. The topological polar surface area (TPSA) is 192 Å². The number of fused-ring (bicyclic) bond motifs is 1. The first-order valence-corrected chi connectivity index (χ1v) is 19.1. The Labute approximate surface area is 343 Å². The number of carbonyl (C=O) groups is 3. The zero-order valence-corrected chi connectivity index (χ0v) is 32.5. The van der Waals surface area contributed by atoms with E-state index in [2.05, 4.69) is 36.3 Å². The number of rotatable bonds is 17. The predicted octanol–water partition coefficient (Wildman–Crippen LogP) is 5.46. The van der Waals surface area contributed by atoms with Crippen molar-refractivity contribution in [3.63, 3.8) is 0 Å². The summed E-state index contributed by atoms with van der Waals surface area (Å²) in [5.41, 5.74) is 2.43. The number of ether oxygens (including phenoxy) is 1. The van der Waals surface area contributed by atoms with Crippen LogP contribution >= 0.6 is 0 Å². The first kappa shape index (κ1) is 42.4. The van der Waals surface area contributed by atoms with Gasteiger partial charge in [0.15, 0.2) is 11.4 Å². The van der Waals surface area contributed by atoms with Gasteiger partial charge in [0, 0.05) is 44.9 Å². The van der Waals surface area contributed by atoms with Gasteiger partial charge in [0.05, 0.1) is 35.2 Å². The van der Waals surface area contributed by atoms with Gasteiger partial charge in [-0.3, -0.25) is 28.8 Å². The number of pyridine rings is 1. The molecule has 7 rings (SSSR count). The van der Waals surface area contributed by atoms with Crippen molar-refractivity contribution < 1.29 is 45.5 Å². The fraction of sp³-hybridized carbons (Fsp3) is 0.325. The quantitative estimate of drug-likeness (QED) is 0.0518. The number of amides is 3. The zero-order chi connectivity index (χ0) is 43.3. The maximum Gasteiger partial charge on any atom is 0.405 e. The monoisotopic (exact) mass is 850 g/mol. The zero-order valence-electron chi connectivity index (χ0n) is 32.5. The van der Waals surface area contributed by atoms with Crippen LogP contribution in [0, 0.1) is 0 Å². The average molecular weight is 851 g/mol. The second kappa shape index (κ2) is 18.3. The number of halogens is 5. The number of imidazole rings is 1. The van der Waals surface area contributed by atoms with Crippen molar-refractivity contribution in [1.82, 2.24) is 39.5 Å². The smallest absolute Gasteiger partial charge is 0.405 e. The summed E-state index contributed by atoms with van der Waals surface area (Å²) < 4.78 is 81.0. The third kappa shape index (κ3) is 10.2. The molecule has 1 aliphatic heterocycles. The number of hydrogen-bond donors (Lipinski definition) is 4. The maximum absolute atomic E-state index is 14.0. The van der Waals surface area contributed by atoms with Gasteiger partial charge in [0.25, 0.3) is 12.3 Å². The van der Waals surface area contributed by atoms with Gasteiger partial charge in [-0.1, -0.05) is 18.2 Å². The van der Waals surface area contributed by atoms with E-state index in [0.717, 1.165) is 23.8 Å². The molecule has 0 bridgehead atoms. The van der Waals surface area contributed by atoms with E-state index in [0.29, 0.717) is 49.4 Å². The van der Waals surface area contributed by atoms with Crippen LogP contribution in [0.1, 0.15) is 59.0 Å². The number of carbonyl (C=O) groups excluding carboxylic acids is 3. The second-order valence-corrected chi connectivity index (χ2v) is 14.1. The molecule has 6 aromatic rings. The number of aryl methyl sites for hydroxylation is 2. The number of piperidine rings is 1. The summed E-state index contributed by atoms with van der Waals surface area (Å²) in [7, 11) is 1.66. The Morgan fingerprint density at radius 1 is 1.03 bits per heavy atom. The van der Waals surface area contributed by atoms with Crippen LogP contribution in [0.3, 0.4) is 0 Å². The van der Waals surface area contributed by atoms with Crippen LogP contribution in [0.15, 0.2) is 82.5 Å². The lowest BCUT2D eigenvalue weighted by Crippen LogP contribution is -2.44. The van der Waals surface area contributed by atoms with Crippen LogP contribution in [0.4, 0.5) is 33.5 Å². The highest BCUT2D eigenvalue weighted by Crippen LogP contribution is 2.29. The summed E-state index contributed by atoms with van der Waals surface area (Å²) in [6.45, 7) is 0.737. The van der Waals surface area contributed by atoms with Crippen molar-refractivity contribution in [2.45, 2.75) is 50.9 Å². The summed E-state index contributed by atoms with van der Waals surface area (Å²) in [6.07, 6.45) is -2.13. The Bertz CT molecular complexity index is 2600. The number of aromatic nitrogens is 6. The van der Waals surface area contributed by atoms with Gasteiger partial charge in [0.2, 0.25) is 17.7 Å². The van der Waals surface area contributed by atoms with E-state index < -0.39 is 42.7 Å². The largest absolute Gasteiger partial charge is 0.444 e. The normalized spacial score (nSPS) is 14.5. The van der Waals surface area contributed by atoms with Crippen molar-refractivity contribution in [3.05, 3.63) is 106 Å². The van der Waals surface area contributed by atoms with Gasteiger partial charge >= 0.3 is 11.9 Å². The third-order valence-corrected chi connectivity index (χ3v) is 9.79. The van der Waals surface area contributed by atoms with Gasteiger partial charge < -0.3 is 25.1 Å². The first-order valence-electron chi connectivity index (χ1n) is 19.1. The lowest BCUT2D eigenvalue weighted by atomic mass is 10.1. The number of alkyl halides is 5. The molecule has 3 amide bonds. The van der Waals surface area contributed by atoms with Crippen molar-refractivity contribution in [1.29, 1.82) is 0 Å². The predicted molar refractivity (Wildman–Crippen MR) is 210 cm³/mol. The lowest BCUT2D eigenvalue weighted by molar-refractivity contribution is -0.135. The maximum atomic E-state index is 14.0. The second-order valence-electron chi connectivity index (χ2n) is 14.1. The van der Waals surface area contributed by atoms with E-state index in [-0.39, 0.29) is 53.1 Å². The van der Waals surface area contributed by atoms with E-state index in [9.17, 15) is 41.1 Å². The van der Waals surface area contributed by atoms with Crippen LogP contribution in [0.25, 0.3) is 28.2 Å². The molecular formula is C40H39F5N10O6. The summed E-state index contributed by atoms with van der Waals surface area (Å²) >= 11 is 0. The highest BCUT2D eigenvalue weighted by atomic mass is 19.4. The van der Waals surface area contributed by atoms with Crippen molar-refractivity contribution in [2.24, 2.45) is 7.05 Å². The van der Waals surface area contributed by atoms with E-state index >= 15 is 0 Å². The molecule has 4 N–H and O–H groups in total. The summed E-state index contributed by atoms with van der Waals surface area (Å²) in [6, 6.07) is 14.6. The highest BCUT2D eigenvalue weighted by molar-refractivity contribution is 6.03. The number of anilines is 2. The first-order chi connectivity index (χ1) is 29.2. The number of oxazole rings is 1. The van der Waals surface area contributed by atoms with Gasteiger partial charge in [-0.05, 0) is 66.8 Å². The summed E-state index contributed by atoms with van der Waals surface area (Å²) in [5.74, 6) is -1.89. The van der Waals surface area contributed by atoms with Crippen molar-refractivity contribution in [2.75, 3.05) is 36.9 Å². The molecule has 1 unspecified atom stereocenters. The Hall–Kier alpha value is -6.74. The molecule has 0 aliphatic carbocycles. The van der Waals surface area contributed by atoms with Gasteiger partial charge in [-0.2, -0.15) is 18.3 Å². The SMILES string of the molecule is Cn1c(=O)n(C2CCC(=O)NC2=O)c2ccc(CCCOCCNCc3ccc(-n4cc(NC(=O)c5coc(-c6ccnc(NCC(F)(F)F)c6)n5)c(C(F)F)n4)cc3)cc21. The van der Waals surface area contributed by atoms with E-state index in [1.54, 1.807) is 31.3 Å². The summed E-state index contributed by atoms with van der Waals surface area (Å²) in [5, 5.41) is 14.1. The van der Waals surface area contributed by atoms with Crippen molar-refractivity contribution in [3.8, 4) is 17.1 Å². The Morgan fingerprint density at radius 2 is 1.82 bits per heavy atom. The number of benzene rings is 2. The van der Waals surface area contributed by atoms with Crippen LogP contribution in [-0.4, -0.2) is 79.1 Å². The fourth-order valence-electron chi connectivity index (χ4n) is 6.74. The minimum Gasteiger partial charge on any atom is -0.444 e. The fourth-order valence-corrected chi connectivity index (χ4v) is 6.74. The number of nitrogens with one attached hydrogen (secondary N) is 4. The van der Waals surface area contributed by atoms with E-state index in [4.69, 9.17) is 9.15 Å². The van der Waals surface area contributed by atoms with Gasteiger partial charge in [-0.25, -0.2) is 28.2 Å². The third-order valence-electron chi connectivity index (χ3n) is 9.79. The number of hydrogen-bond acceptors (Lipinski definition) is 11. The molecule has 1 aliphatic rings. The molecule has 0 spiro atoms. The highest BCUT2D eigenvalue weighted by Gasteiger charge is 2.31. The Morgan fingerprint density at radius 3 is 2.57 bits per heavy atom. The molecule has 1 fully saturated rings. The van der Waals surface area contributed by atoms with E-state index in [1.165, 1.54) is 38.3 Å². The molecule has 0 saturated carbocycles. The Balaban J connectivity index is 0.855. The standard InChI is InChI=1S/C40H39F5N10O6/c1-53-31-17-23(6-9-29(31)55(39(53)59)30-10-11-33(56)51-37(30)58)3-2-15-60-16-14-46-19-24-4-7-26(8-5-24)54-20-27(34(52-54)35(41)42)49-36(57)28-21-61-38(50-28)25-12-13-47-32(18-25)48-22-40(43,44)45/h4-9,12-13,17-18,20-21,30,35,46H,2-3,10-11,14-16,19,22H2,1H3,(H,47,48)(H,49,57)(H,51,56,58). The molecule has 21 heteroatoms. The van der Waals surface area contributed by atoms with Crippen molar-refractivity contribution >= 4 is 40.3 Å². The van der Waals surface area contributed by atoms with Crippen LogP contribution < -0.4 is 27.0 Å². The van der Waals surface area contributed by atoms with Gasteiger partial charge in [-0.15, -0.1) is 0 Å². The summed E-state index contributed by atoms with van der Waals surface area (Å²) in [4.78, 5) is 57.9. The van der Waals surface area contributed by atoms with Crippen LogP contribution in [0.5, 0.6) is 0 Å². The average Bonchev–Trinajstić information content (AvgIpc) is 3.96. The molecule has 5 heterocycles. The minimum atomic E-state index is -4.47. The molecule has 4 aromatic heterocycles. The van der Waals surface area contributed by atoms with Crippen LogP contribution in [0.2, 0.25) is 0 Å². The molecular weight excluding hydrogens is 811 g/mol. The van der Waals surface area contributed by atoms with Gasteiger partial charge in [0.1, 0.15) is 24.7 Å².